The number of carbonyl (C=O) groups is 3. The van der Waals surface area contributed by atoms with Crippen molar-refractivity contribution in [2.24, 2.45) is 0 Å². The van der Waals surface area contributed by atoms with Gasteiger partial charge in [0.15, 0.2) is 5.78 Å². The van der Waals surface area contributed by atoms with Crippen LogP contribution in [0.5, 0.6) is 0 Å². The maximum absolute atomic E-state index is 10.9. The zero-order chi connectivity index (χ0) is 9.30. The van der Waals surface area contributed by atoms with Gasteiger partial charge in [0, 0.05) is 12.2 Å². The zero-order valence-corrected chi connectivity index (χ0v) is 6.46. The van der Waals surface area contributed by atoms with Gasteiger partial charge in [-0.2, -0.15) is 0 Å². The van der Waals surface area contributed by atoms with E-state index in [1.807, 2.05) is 0 Å². The minimum Gasteiger partial charge on any atom is -0.478 e. The number of carboxylic acid groups (broad SMARTS) is 1. The van der Waals surface area contributed by atoms with Crippen LogP contribution in [-0.2, 0) is 14.4 Å². The topological polar surface area (TPSA) is 71.4 Å². The third-order valence-electron chi connectivity index (χ3n) is 1.25. The molecule has 0 aliphatic heterocycles. The highest BCUT2D eigenvalue weighted by molar-refractivity contribution is 6.50. The van der Waals surface area contributed by atoms with Crippen LogP contribution in [0.2, 0.25) is 0 Å². The molecule has 0 aromatic carbocycles. The molecule has 4 nitrogen and oxygen atoms in total. The van der Waals surface area contributed by atoms with Crippen molar-refractivity contribution in [1.82, 2.24) is 0 Å². The molecule has 0 saturated carbocycles. The van der Waals surface area contributed by atoms with E-state index in [9.17, 15) is 14.4 Å². The Bertz CT molecular complexity index is 337. The highest BCUT2D eigenvalue weighted by atomic mass is 35.5. The zero-order valence-electron chi connectivity index (χ0n) is 5.70. The van der Waals surface area contributed by atoms with E-state index in [-0.39, 0.29) is 5.03 Å². The predicted octanol–water partition coefficient (Wildman–Crippen LogP) is 0.272. The first-order chi connectivity index (χ1) is 5.52. The fourth-order valence-electron chi connectivity index (χ4n) is 0.727. The lowest BCUT2D eigenvalue weighted by Gasteiger charge is -2.03. The SMILES string of the molecule is O=C1C=C(Cl)C(=O)C(C(=O)O)=C1. The molecule has 0 amide bonds. The van der Waals surface area contributed by atoms with E-state index in [4.69, 9.17) is 16.7 Å². The van der Waals surface area contributed by atoms with E-state index in [2.05, 4.69) is 0 Å². The first-order valence-electron chi connectivity index (χ1n) is 2.93. The minimum atomic E-state index is -1.44. The van der Waals surface area contributed by atoms with Crippen LogP contribution >= 0.6 is 11.6 Å². The molecule has 12 heavy (non-hydrogen) atoms. The van der Waals surface area contributed by atoms with Crippen molar-refractivity contribution in [2.75, 3.05) is 0 Å². The van der Waals surface area contributed by atoms with Crippen LogP contribution in [0, 0.1) is 0 Å². The molecular weight excluding hydrogens is 184 g/mol. The quantitative estimate of drug-likeness (QED) is 0.471. The van der Waals surface area contributed by atoms with Gasteiger partial charge in [-0.05, 0) is 0 Å². The summed E-state index contributed by atoms with van der Waals surface area (Å²) < 4.78 is 0. The average molecular weight is 187 g/mol. The molecule has 5 heteroatoms. The molecule has 0 bridgehead atoms. The van der Waals surface area contributed by atoms with E-state index in [1.54, 1.807) is 0 Å². The summed E-state index contributed by atoms with van der Waals surface area (Å²) in [4.78, 5) is 31.9. The maximum Gasteiger partial charge on any atom is 0.339 e. The van der Waals surface area contributed by atoms with Crippen molar-refractivity contribution in [3.8, 4) is 0 Å². The van der Waals surface area contributed by atoms with Crippen LogP contribution in [-0.4, -0.2) is 22.6 Å². The second kappa shape index (κ2) is 2.91. The summed E-state index contributed by atoms with van der Waals surface area (Å²) in [5.41, 5.74) is -0.590. The van der Waals surface area contributed by atoms with E-state index >= 15 is 0 Å². The van der Waals surface area contributed by atoms with Crippen LogP contribution in [0.4, 0.5) is 0 Å². The summed E-state index contributed by atoms with van der Waals surface area (Å²) in [7, 11) is 0. The molecular formula is C7H3ClO4. The van der Waals surface area contributed by atoms with Crippen molar-refractivity contribution in [3.63, 3.8) is 0 Å². The number of carbonyl (C=O) groups excluding carboxylic acids is 2. The lowest BCUT2D eigenvalue weighted by atomic mass is 10.0. The average Bonchev–Trinajstić information content (AvgIpc) is 1.96. The van der Waals surface area contributed by atoms with E-state index < -0.39 is 23.1 Å². The molecule has 1 N–H and O–H groups in total. The second-order valence-electron chi connectivity index (χ2n) is 2.09. The Morgan fingerprint density at radius 3 is 2.42 bits per heavy atom. The van der Waals surface area contributed by atoms with Crippen LogP contribution < -0.4 is 0 Å². The normalized spacial score (nSPS) is 17.1. The summed E-state index contributed by atoms with van der Waals surface area (Å²) in [5.74, 6) is -2.86. The molecule has 0 fully saturated rings. The monoisotopic (exact) mass is 186 g/mol. The lowest BCUT2D eigenvalue weighted by Crippen LogP contribution is -2.17. The molecule has 0 aromatic heterocycles. The van der Waals surface area contributed by atoms with Gasteiger partial charge < -0.3 is 5.11 Å². The first-order valence-corrected chi connectivity index (χ1v) is 3.31. The Morgan fingerprint density at radius 1 is 1.33 bits per heavy atom. The van der Waals surface area contributed by atoms with Crippen LogP contribution in [0.3, 0.4) is 0 Å². The number of ketones is 2. The van der Waals surface area contributed by atoms with Crippen LogP contribution in [0.25, 0.3) is 0 Å². The molecule has 0 heterocycles. The van der Waals surface area contributed by atoms with Gasteiger partial charge in [0.2, 0.25) is 5.78 Å². The number of aliphatic carboxylic acids is 1. The van der Waals surface area contributed by atoms with Gasteiger partial charge in [-0.1, -0.05) is 11.6 Å². The third-order valence-corrected chi connectivity index (χ3v) is 1.53. The van der Waals surface area contributed by atoms with Gasteiger partial charge in [0.25, 0.3) is 0 Å². The fraction of sp³-hybridized carbons (Fsp3) is 0. The minimum absolute atomic E-state index is 0.361. The second-order valence-corrected chi connectivity index (χ2v) is 2.49. The van der Waals surface area contributed by atoms with Gasteiger partial charge >= 0.3 is 5.97 Å². The van der Waals surface area contributed by atoms with Crippen molar-refractivity contribution < 1.29 is 19.5 Å². The van der Waals surface area contributed by atoms with Crippen molar-refractivity contribution >= 4 is 29.1 Å². The predicted molar refractivity (Wildman–Crippen MR) is 39.7 cm³/mol. The van der Waals surface area contributed by atoms with Gasteiger partial charge in [-0.25, -0.2) is 4.79 Å². The number of hydrogen-bond acceptors (Lipinski definition) is 3. The Morgan fingerprint density at radius 2 is 1.92 bits per heavy atom. The molecule has 0 atom stereocenters. The lowest BCUT2D eigenvalue weighted by molar-refractivity contribution is -0.134. The number of rotatable bonds is 1. The summed E-state index contributed by atoms with van der Waals surface area (Å²) in [6.45, 7) is 0. The van der Waals surface area contributed by atoms with Gasteiger partial charge in [0.05, 0.1) is 5.03 Å². The van der Waals surface area contributed by atoms with Crippen molar-refractivity contribution in [1.29, 1.82) is 0 Å². The summed E-state index contributed by atoms with van der Waals surface area (Å²) in [6.07, 6.45) is 1.63. The molecule has 0 unspecified atom stereocenters. The molecule has 1 aliphatic carbocycles. The number of halogens is 1. The van der Waals surface area contributed by atoms with E-state index in [1.165, 1.54) is 0 Å². The van der Waals surface area contributed by atoms with Crippen LogP contribution in [0.1, 0.15) is 0 Å². The first kappa shape index (κ1) is 8.67. The van der Waals surface area contributed by atoms with E-state index in [0.29, 0.717) is 0 Å². The van der Waals surface area contributed by atoms with Crippen molar-refractivity contribution in [3.05, 3.63) is 22.8 Å². The maximum atomic E-state index is 10.9. The smallest absolute Gasteiger partial charge is 0.339 e. The Kier molecular flexibility index (Phi) is 2.10. The number of carboxylic acids is 1. The number of hydrogen-bond donors (Lipinski definition) is 1. The summed E-state index contributed by atoms with van der Waals surface area (Å²) in [6, 6.07) is 0. The fourth-order valence-corrected chi connectivity index (χ4v) is 0.937. The molecule has 0 aromatic rings. The molecule has 1 aliphatic rings. The summed E-state index contributed by atoms with van der Waals surface area (Å²) in [5, 5.41) is 8.06. The van der Waals surface area contributed by atoms with E-state index in [0.717, 1.165) is 12.2 Å². The Balaban J connectivity index is 3.12. The van der Waals surface area contributed by atoms with Crippen molar-refractivity contribution in [2.45, 2.75) is 0 Å². The summed E-state index contributed by atoms with van der Waals surface area (Å²) >= 11 is 5.29. The Hall–Kier alpha value is -1.42. The van der Waals surface area contributed by atoms with Crippen LogP contribution in [0.15, 0.2) is 22.8 Å². The highest BCUT2D eigenvalue weighted by Gasteiger charge is 2.25. The standard InChI is InChI=1S/C7H3ClO4/c8-5-2-3(9)1-4(6(5)10)7(11)12/h1-2H,(H,11,12). The molecule has 62 valence electrons. The largest absolute Gasteiger partial charge is 0.478 e. The van der Waals surface area contributed by atoms with Gasteiger partial charge in [0.1, 0.15) is 5.57 Å². The molecule has 0 saturated heterocycles. The highest BCUT2D eigenvalue weighted by Crippen LogP contribution is 2.15. The molecule has 0 radical (unpaired) electrons. The molecule has 1 rings (SSSR count). The van der Waals surface area contributed by atoms with Gasteiger partial charge in [-0.3, -0.25) is 9.59 Å². The molecule has 0 spiro atoms. The number of allylic oxidation sites excluding steroid dienone is 3. The third kappa shape index (κ3) is 1.43. The number of Topliss-reactive ketones (excluding diaryl/α,β-unsaturated/α-hetero) is 1. The Labute approximate surface area is 72.1 Å². The van der Waals surface area contributed by atoms with Gasteiger partial charge in [-0.15, -0.1) is 0 Å².